The quantitative estimate of drug-likeness (QED) is 0.656. The van der Waals surface area contributed by atoms with Crippen LogP contribution in [0.2, 0.25) is 0 Å². The third-order valence-electron chi connectivity index (χ3n) is 4.00. The lowest BCUT2D eigenvalue weighted by molar-refractivity contribution is -0.0910. The third kappa shape index (κ3) is 2.42. The second-order valence-electron chi connectivity index (χ2n) is 5.13. The van der Waals surface area contributed by atoms with E-state index in [9.17, 15) is 0 Å². The highest BCUT2D eigenvalue weighted by molar-refractivity contribution is 14.1. The van der Waals surface area contributed by atoms with Gasteiger partial charge in [-0.2, -0.15) is 5.10 Å². The van der Waals surface area contributed by atoms with Crippen LogP contribution in [0.25, 0.3) is 0 Å². The maximum Gasteiger partial charge on any atom is 0.137 e. The largest absolute Gasteiger partial charge is 0.375 e. The molecule has 0 N–H and O–H groups in total. The minimum Gasteiger partial charge on any atom is -0.375 e. The molecule has 94 valence electrons. The molecule has 3 nitrogen and oxygen atoms in total. The fourth-order valence-electron chi connectivity index (χ4n) is 3.13. The van der Waals surface area contributed by atoms with E-state index >= 15 is 0 Å². The van der Waals surface area contributed by atoms with Gasteiger partial charge in [0.1, 0.15) is 3.70 Å². The standard InChI is InChI=1S/C12H16BrIN2O/c13-10-8-16(15-11(10)14)9-3-6-17-12(7-9)4-1-2-5-12/h8-9H,1-7H2. The van der Waals surface area contributed by atoms with Gasteiger partial charge in [0.05, 0.1) is 16.1 Å². The lowest BCUT2D eigenvalue weighted by atomic mass is 9.89. The van der Waals surface area contributed by atoms with E-state index in [1.165, 1.54) is 25.7 Å². The first-order chi connectivity index (χ1) is 8.19. The predicted octanol–water partition coefficient (Wildman–Crippen LogP) is 3.91. The summed E-state index contributed by atoms with van der Waals surface area (Å²) in [4.78, 5) is 0. The van der Waals surface area contributed by atoms with Crippen molar-refractivity contribution in [3.63, 3.8) is 0 Å². The molecule has 0 amide bonds. The molecule has 3 rings (SSSR count). The SMILES string of the molecule is Brc1cn(C2CCOC3(CCCC3)C2)nc1I. The summed E-state index contributed by atoms with van der Waals surface area (Å²) < 4.78 is 10.3. The van der Waals surface area contributed by atoms with Gasteiger partial charge < -0.3 is 4.74 Å². The Balaban J connectivity index is 1.79. The van der Waals surface area contributed by atoms with Gasteiger partial charge in [-0.3, -0.25) is 4.68 Å². The van der Waals surface area contributed by atoms with E-state index in [4.69, 9.17) is 4.74 Å². The zero-order chi connectivity index (χ0) is 11.9. The van der Waals surface area contributed by atoms with Gasteiger partial charge in [0, 0.05) is 12.8 Å². The van der Waals surface area contributed by atoms with E-state index in [1.54, 1.807) is 0 Å². The first-order valence-corrected chi connectivity index (χ1v) is 8.10. The number of aromatic nitrogens is 2. The summed E-state index contributed by atoms with van der Waals surface area (Å²) in [6.07, 6.45) is 9.47. The molecule has 1 saturated heterocycles. The number of hydrogen-bond donors (Lipinski definition) is 0. The Hall–Kier alpha value is 0.380. The van der Waals surface area contributed by atoms with Crippen molar-refractivity contribution >= 4 is 38.5 Å². The lowest BCUT2D eigenvalue weighted by Gasteiger charge is -2.38. The molecule has 1 spiro atoms. The maximum absolute atomic E-state index is 6.06. The Morgan fingerprint density at radius 2 is 2.24 bits per heavy atom. The van der Waals surface area contributed by atoms with Crippen LogP contribution in [0, 0.1) is 3.70 Å². The molecule has 2 fully saturated rings. The smallest absolute Gasteiger partial charge is 0.137 e. The minimum atomic E-state index is 0.173. The van der Waals surface area contributed by atoms with Gasteiger partial charge in [-0.1, -0.05) is 12.8 Å². The van der Waals surface area contributed by atoms with E-state index < -0.39 is 0 Å². The lowest BCUT2D eigenvalue weighted by Crippen LogP contribution is -2.38. The molecule has 5 heteroatoms. The van der Waals surface area contributed by atoms with Gasteiger partial charge >= 0.3 is 0 Å². The first kappa shape index (κ1) is 12.4. The Morgan fingerprint density at radius 3 is 2.88 bits per heavy atom. The summed E-state index contributed by atoms with van der Waals surface area (Å²) in [7, 11) is 0. The third-order valence-corrected chi connectivity index (χ3v) is 6.12. The summed E-state index contributed by atoms with van der Waals surface area (Å²) in [5.41, 5.74) is 0.173. The van der Waals surface area contributed by atoms with Gasteiger partial charge in [0.25, 0.3) is 0 Å². The van der Waals surface area contributed by atoms with Gasteiger partial charge in [-0.05, 0) is 64.2 Å². The van der Waals surface area contributed by atoms with Crippen LogP contribution in [0.15, 0.2) is 10.7 Å². The summed E-state index contributed by atoms with van der Waals surface area (Å²) in [6, 6.07) is 0.515. The molecule has 1 aromatic heterocycles. The van der Waals surface area contributed by atoms with Crippen molar-refractivity contribution in [1.82, 2.24) is 9.78 Å². The summed E-state index contributed by atoms with van der Waals surface area (Å²) >= 11 is 5.81. The Bertz CT molecular complexity index is 395. The van der Waals surface area contributed by atoms with Gasteiger partial charge in [-0.15, -0.1) is 0 Å². The Morgan fingerprint density at radius 1 is 1.47 bits per heavy atom. The van der Waals surface area contributed by atoms with Crippen LogP contribution in [0.1, 0.15) is 44.6 Å². The zero-order valence-corrected chi connectivity index (χ0v) is 13.4. The summed E-state index contributed by atoms with van der Waals surface area (Å²) in [5, 5.41) is 4.59. The molecular formula is C12H16BrIN2O. The average Bonchev–Trinajstić information content (AvgIpc) is 2.88. The van der Waals surface area contributed by atoms with Crippen LogP contribution in [0.5, 0.6) is 0 Å². The fourth-order valence-corrected chi connectivity index (χ4v) is 3.81. The van der Waals surface area contributed by atoms with E-state index in [0.29, 0.717) is 6.04 Å². The number of nitrogens with zero attached hydrogens (tertiary/aromatic N) is 2. The molecule has 1 saturated carbocycles. The number of halogens is 2. The average molecular weight is 411 g/mol. The van der Waals surface area contributed by atoms with Crippen LogP contribution in [-0.2, 0) is 4.74 Å². The highest BCUT2D eigenvalue weighted by Crippen LogP contribution is 2.43. The summed E-state index contributed by atoms with van der Waals surface area (Å²) in [6.45, 7) is 0.888. The zero-order valence-electron chi connectivity index (χ0n) is 9.66. The van der Waals surface area contributed by atoms with Crippen molar-refractivity contribution in [1.29, 1.82) is 0 Å². The topological polar surface area (TPSA) is 27.1 Å². The summed E-state index contributed by atoms with van der Waals surface area (Å²) in [5.74, 6) is 0. The van der Waals surface area contributed by atoms with E-state index in [1.807, 2.05) is 0 Å². The van der Waals surface area contributed by atoms with Crippen LogP contribution < -0.4 is 0 Å². The Kier molecular flexibility index (Phi) is 3.51. The van der Waals surface area contributed by atoms with Crippen molar-refractivity contribution in [2.45, 2.75) is 50.2 Å². The number of ether oxygens (including phenoxy) is 1. The van der Waals surface area contributed by atoms with Crippen LogP contribution >= 0.6 is 38.5 Å². The number of rotatable bonds is 1. The van der Waals surface area contributed by atoms with Gasteiger partial charge in [-0.25, -0.2) is 0 Å². The highest BCUT2D eigenvalue weighted by atomic mass is 127. The predicted molar refractivity (Wildman–Crippen MR) is 78.1 cm³/mol. The molecular weight excluding hydrogens is 395 g/mol. The van der Waals surface area contributed by atoms with Crippen molar-refractivity contribution in [3.05, 3.63) is 14.4 Å². The molecule has 1 aliphatic carbocycles. The normalized spacial score (nSPS) is 27.8. The first-order valence-electron chi connectivity index (χ1n) is 6.23. The molecule has 1 atom stereocenters. The van der Waals surface area contributed by atoms with Gasteiger partial charge in [0.2, 0.25) is 0 Å². The van der Waals surface area contributed by atoms with Gasteiger partial charge in [0.15, 0.2) is 0 Å². The molecule has 0 radical (unpaired) electrons. The van der Waals surface area contributed by atoms with Crippen LogP contribution in [-0.4, -0.2) is 22.0 Å². The Labute approximate surface area is 124 Å². The second kappa shape index (κ2) is 4.81. The molecule has 2 heterocycles. The maximum atomic E-state index is 6.06. The molecule has 1 aliphatic heterocycles. The van der Waals surface area contributed by atoms with Crippen molar-refractivity contribution in [2.24, 2.45) is 0 Å². The van der Waals surface area contributed by atoms with E-state index in [0.717, 1.165) is 27.6 Å². The van der Waals surface area contributed by atoms with E-state index in [2.05, 4.69) is 54.5 Å². The minimum absolute atomic E-state index is 0.173. The second-order valence-corrected chi connectivity index (χ2v) is 7.01. The van der Waals surface area contributed by atoms with Crippen molar-refractivity contribution in [2.75, 3.05) is 6.61 Å². The molecule has 1 unspecified atom stereocenters. The molecule has 1 aromatic rings. The van der Waals surface area contributed by atoms with Crippen molar-refractivity contribution in [3.8, 4) is 0 Å². The van der Waals surface area contributed by atoms with Crippen LogP contribution in [0.4, 0.5) is 0 Å². The number of hydrogen-bond acceptors (Lipinski definition) is 2. The van der Waals surface area contributed by atoms with E-state index in [-0.39, 0.29) is 5.60 Å². The molecule has 0 aromatic carbocycles. The fraction of sp³-hybridized carbons (Fsp3) is 0.750. The molecule has 2 aliphatic rings. The molecule has 0 bridgehead atoms. The monoisotopic (exact) mass is 410 g/mol. The highest BCUT2D eigenvalue weighted by Gasteiger charge is 2.40. The van der Waals surface area contributed by atoms with Crippen molar-refractivity contribution < 1.29 is 4.74 Å². The molecule has 17 heavy (non-hydrogen) atoms. The van der Waals surface area contributed by atoms with Crippen LogP contribution in [0.3, 0.4) is 0 Å².